The van der Waals surface area contributed by atoms with Crippen LogP contribution in [0.3, 0.4) is 0 Å². The van der Waals surface area contributed by atoms with Gasteiger partial charge in [-0.3, -0.25) is 4.98 Å². The summed E-state index contributed by atoms with van der Waals surface area (Å²) < 4.78 is 5.93. The molecule has 4 rings (SSSR count). The molecule has 22 heavy (non-hydrogen) atoms. The van der Waals surface area contributed by atoms with Crippen LogP contribution in [0.25, 0.3) is 10.9 Å². The number of pyridine rings is 1. The SMILES string of the molecule is Cc1ccc(Oc2ccc3nc4c(c(Cl)c3c2)CCC4)cc1. The van der Waals surface area contributed by atoms with Gasteiger partial charge in [-0.05, 0) is 62.1 Å². The van der Waals surface area contributed by atoms with Crippen molar-refractivity contribution in [3.8, 4) is 11.5 Å². The van der Waals surface area contributed by atoms with Crippen LogP contribution in [0, 0.1) is 6.92 Å². The number of benzene rings is 2. The van der Waals surface area contributed by atoms with Crippen molar-refractivity contribution in [2.24, 2.45) is 0 Å². The molecule has 2 nitrogen and oxygen atoms in total. The van der Waals surface area contributed by atoms with E-state index in [1.165, 1.54) is 11.1 Å². The van der Waals surface area contributed by atoms with Gasteiger partial charge in [0.25, 0.3) is 0 Å². The molecule has 2 aromatic carbocycles. The van der Waals surface area contributed by atoms with E-state index in [2.05, 4.69) is 6.92 Å². The van der Waals surface area contributed by atoms with Gasteiger partial charge >= 0.3 is 0 Å². The number of hydrogen-bond acceptors (Lipinski definition) is 2. The fourth-order valence-corrected chi connectivity index (χ4v) is 3.34. The standard InChI is InChI=1S/C19H16ClNO/c1-12-5-7-13(8-6-12)22-14-9-10-18-16(11-14)19(20)15-3-2-4-17(15)21-18/h5-11H,2-4H2,1H3. The Labute approximate surface area is 134 Å². The largest absolute Gasteiger partial charge is 0.457 e. The third kappa shape index (κ3) is 2.34. The average molecular weight is 310 g/mol. The van der Waals surface area contributed by atoms with Crippen LogP contribution >= 0.6 is 11.6 Å². The van der Waals surface area contributed by atoms with Gasteiger partial charge in [-0.2, -0.15) is 0 Å². The summed E-state index contributed by atoms with van der Waals surface area (Å²) in [7, 11) is 0. The molecule has 0 amide bonds. The van der Waals surface area contributed by atoms with Crippen molar-refractivity contribution in [3.05, 3.63) is 64.3 Å². The lowest BCUT2D eigenvalue weighted by Crippen LogP contribution is -1.92. The fraction of sp³-hybridized carbons (Fsp3) is 0.211. The maximum Gasteiger partial charge on any atom is 0.128 e. The molecule has 0 unspecified atom stereocenters. The Kier molecular flexibility index (Phi) is 3.27. The van der Waals surface area contributed by atoms with Gasteiger partial charge in [-0.15, -0.1) is 0 Å². The van der Waals surface area contributed by atoms with Crippen LogP contribution < -0.4 is 4.74 Å². The van der Waals surface area contributed by atoms with E-state index >= 15 is 0 Å². The molecule has 0 atom stereocenters. The van der Waals surface area contributed by atoms with E-state index in [-0.39, 0.29) is 0 Å². The first-order valence-electron chi connectivity index (χ1n) is 7.56. The van der Waals surface area contributed by atoms with Crippen molar-refractivity contribution in [2.75, 3.05) is 0 Å². The van der Waals surface area contributed by atoms with Crippen LogP contribution in [0.15, 0.2) is 42.5 Å². The highest BCUT2D eigenvalue weighted by atomic mass is 35.5. The number of rotatable bonds is 2. The van der Waals surface area contributed by atoms with Crippen molar-refractivity contribution in [2.45, 2.75) is 26.2 Å². The number of aromatic nitrogens is 1. The minimum atomic E-state index is 0.790. The summed E-state index contributed by atoms with van der Waals surface area (Å²) in [6.45, 7) is 2.06. The van der Waals surface area contributed by atoms with E-state index in [1.54, 1.807) is 0 Å². The quantitative estimate of drug-likeness (QED) is 0.625. The molecule has 3 aromatic rings. The molecule has 0 bridgehead atoms. The Morgan fingerprint density at radius 3 is 2.59 bits per heavy atom. The number of ether oxygens (including phenoxy) is 1. The normalized spacial score (nSPS) is 13.4. The highest BCUT2D eigenvalue weighted by Gasteiger charge is 2.18. The first-order chi connectivity index (χ1) is 10.7. The van der Waals surface area contributed by atoms with Crippen molar-refractivity contribution in [1.82, 2.24) is 4.98 Å². The van der Waals surface area contributed by atoms with Crippen LogP contribution in [0.1, 0.15) is 23.2 Å². The number of nitrogens with zero attached hydrogens (tertiary/aromatic N) is 1. The lowest BCUT2D eigenvalue weighted by Gasteiger charge is -2.10. The highest BCUT2D eigenvalue weighted by Crippen LogP contribution is 2.35. The number of hydrogen-bond donors (Lipinski definition) is 0. The van der Waals surface area contributed by atoms with E-state index < -0.39 is 0 Å². The Morgan fingerprint density at radius 1 is 1.00 bits per heavy atom. The molecular formula is C19H16ClNO. The summed E-state index contributed by atoms with van der Waals surface area (Å²) in [5.41, 5.74) is 4.53. The van der Waals surface area contributed by atoms with Crippen LogP contribution in [0.5, 0.6) is 11.5 Å². The maximum atomic E-state index is 6.59. The smallest absolute Gasteiger partial charge is 0.128 e. The van der Waals surface area contributed by atoms with Crippen molar-refractivity contribution in [3.63, 3.8) is 0 Å². The zero-order chi connectivity index (χ0) is 15.1. The second kappa shape index (κ2) is 5.29. The van der Waals surface area contributed by atoms with Crippen LogP contribution in [0.2, 0.25) is 5.02 Å². The summed E-state index contributed by atoms with van der Waals surface area (Å²) >= 11 is 6.59. The second-order valence-corrected chi connectivity index (χ2v) is 6.18. The maximum absolute atomic E-state index is 6.59. The topological polar surface area (TPSA) is 22.1 Å². The molecule has 0 spiro atoms. The van der Waals surface area contributed by atoms with Gasteiger partial charge in [-0.25, -0.2) is 0 Å². The minimum Gasteiger partial charge on any atom is -0.457 e. The van der Waals surface area contributed by atoms with Crippen LogP contribution in [0.4, 0.5) is 0 Å². The zero-order valence-electron chi connectivity index (χ0n) is 12.4. The van der Waals surface area contributed by atoms with Crippen LogP contribution in [-0.4, -0.2) is 4.98 Å². The monoisotopic (exact) mass is 309 g/mol. The summed E-state index contributed by atoms with van der Waals surface area (Å²) in [5.74, 6) is 1.62. The van der Waals surface area contributed by atoms with Gasteiger partial charge < -0.3 is 4.74 Å². The molecule has 1 aliphatic rings. The Bertz CT molecular complexity index is 855. The molecule has 110 valence electrons. The Balaban J connectivity index is 1.75. The van der Waals surface area contributed by atoms with E-state index in [0.29, 0.717) is 0 Å². The van der Waals surface area contributed by atoms with E-state index in [9.17, 15) is 0 Å². The fourth-order valence-electron chi connectivity index (χ4n) is 2.99. The lowest BCUT2D eigenvalue weighted by atomic mass is 10.1. The van der Waals surface area contributed by atoms with E-state index in [0.717, 1.165) is 52.4 Å². The third-order valence-electron chi connectivity index (χ3n) is 4.17. The highest BCUT2D eigenvalue weighted by molar-refractivity contribution is 6.36. The molecule has 0 radical (unpaired) electrons. The average Bonchev–Trinajstić information content (AvgIpc) is 2.99. The van der Waals surface area contributed by atoms with Crippen molar-refractivity contribution < 1.29 is 4.74 Å². The summed E-state index contributed by atoms with van der Waals surface area (Å²) in [5, 5.41) is 1.82. The molecular weight excluding hydrogens is 294 g/mol. The predicted octanol–water partition coefficient (Wildman–Crippen LogP) is 5.48. The van der Waals surface area contributed by atoms with Crippen molar-refractivity contribution >= 4 is 22.5 Å². The van der Waals surface area contributed by atoms with Crippen molar-refractivity contribution in [1.29, 1.82) is 0 Å². The van der Waals surface area contributed by atoms with Crippen LogP contribution in [-0.2, 0) is 12.8 Å². The molecule has 0 saturated heterocycles. The second-order valence-electron chi connectivity index (χ2n) is 5.80. The third-order valence-corrected chi connectivity index (χ3v) is 4.60. The number of fused-ring (bicyclic) bond motifs is 2. The molecule has 0 aliphatic heterocycles. The number of halogens is 1. The minimum absolute atomic E-state index is 0.790. The Morgan fingerprint density at radius 2 is 1.77 bits per heavy atom. The first kappa shape index (κ1) is 13.6. The Hall–Kier alpha value is -2.06. The van der Waals surface area contributed by atoms with Gasteiger partial charge in [0, 0.05) is 11.1 Å². The zero-order valence-corrected chi connectivity index (χ0v) is 13.2. The lowest BCUT2D eigenvalue weighted by molar-refractivity contribution is 0.483. The molecule has 0 saturated carbocycles. The predicted molar refractivity (Wildman–Crippen MR) is 90.0 cm³/mol. The van der Waals surface area contributed by atoms with Gasteiger partial charge in [0.15, 0.2) is 0 Å². The van der Waals surface area contributed by atoms with Gasteiger partial charge in [0.05, 0.1) is 10.5 Å². The first-order valence-corrected chi connectivity index (χ1v) is 7.94. The van der Waals surface area contributed by atoms with Gasteiger partial charge in [0.2, 0.25) is 0 Å². The molecule has 0 fully saturated rings. The molecule has 1 aliphatic carbocycles. The van der Waals surface area contributed by atoms with E-state index in [4.69, 9.17) is 21.3 Å². The summed E-state index contributed by atoms with van der Waals surface area (Å²) in [6, 6.07) is 14.0. The number of aryl methyl sites for hydroxylation is 2. The molecule has 0 N–H and O–H groups in total. The van der Waals surface area contributed by atoms with Gasteiger partial charge in [0.1, 0.15) is 11.5 Å². The molecule has 1 aromatic heterocycles. The summed E-state index contributed by atoms with van der Waals surface area (Å²) in [4.78, 5) is 4.74. The summed E-state index contributed by atoms with van der Waals surface area (Å²) in [6.07, 6.45) is 3.21. The van der Waals surface area contributed by atoms with Gasteiger partial charge in [-0.1, -0.05) is 29.3 Å². The van der Waals surface area contributed by atoms with E-state index in [1.807, 2.05) is 42.5 Å². The molecule has 1 heterocycles. The molecule has 3 heteroatoms.